The predicted molar refractivity (Wildman–Crippen MR) is 52.5 cm³/mol. The Bertz CT molecular complexity index is 261. The molecule has 1 aromatic carbocycles. The fourth-order valence-electron chi connectivity index (χ4n) is 0.899. The van der Waals surface area contributed by atoms with Crippen LogP contribution in [0.25, 0.3) is 0 Å². The molecule has 0 nitrogen and oxygen atoms in total. The maximum absolute atomic E-state index is 3.76. The highest BCUT2D eigenvalue weighted by atomic mass is 13.8. The molecule has 1 aromatic rings. The summed E-state index contributed by atoms with van der Waals surface area (Å²) in [4.78, 5) is 0. The van der Waals surface area contributed by atoms with E-state index in [2.05, 4.69) is 18.8 Å². The maximum atomic E-state index is 3.76. The van der Waals surface area contributed by atoms with Crippen molar-refractivity contribution in [2.75, 3.05) is 0 Å². The third kappa shape index (κ3) is 3.25. The number of benzene rings is 1. The SMILES string of the molecule is [CH2]CCCC#Cc1ccccc1. The van der Waals surface area contributed by atoms with Crippen molar-refractivity contribution in [3.8, 4) is 11.8 Å². The summed E-state index contributed by atoms with van der Waals surface area (Å²) in [7, 11) is 0. The summed E-state index contributed by atoms with van der Waals surface area (Å²) in [6.45, 7) is 3.76. The van der Waals surface area contributed by atoms with Crippen molar-refractivity contribution in [1.82, 2.24) is 0 Å². The van der Waals surface area contributed by atoms with Crippen LogP contribution in [0.15, 0.2) is 30.3 Å². The molecule has 0 aliphatic carbocycles. The molecule has 12 heavy (non-hydrogen) atoms. The first kappa shape index (κ1) is 8.87. The zero-order valence-corrected chi connectivity index (χ0v) is 7.22. The van der Waals surface area contributed by atoms with Gasteiger partial charge in [-0.05, 0) is 18.6 Å². The molecule has 0 fully saturated rings. The third-order valence-electron chi connectivity index (χ3n) is 1.56. The van der Waals surface area contributed by atoms with Gasteiger partial charge in [0.1, 0.15) is 0 Å². The van der Waals surface area contributed by atoms with Crippen LogP contribution in [0.5, 0.6) is 0 Å². The fourth-order valence-corrected chi connectivity index (χ4v) is 0.899. The molecule has 0 bridgehead atoms. The standard InChI is InChI=1S/C12H13/c1-2-3-4-6-9-12-10-7-5-8-11-12/h5,7-8,10-11H,1-4H2. The first-order chi connectivity index (χ1) is 5.93. The predicted octanol–water partition coefficient (Wildman–Crippen LogP) is 3.04. The third-order valence-corrected chi connectivity index (χ3v) is 1.56. The second-order valence-electron chi connectivity index (χ2n) is 2.62. The quantitative estimate of drug-likeness (QED) is 0.457. The first-order valence-electron chi connectivity index (χ1n) is 4.26. The van der Waals surface area contributed by atoms with Crippen LogP contribution in [0.4, 0.5) is 0 Å². The monoisotopic (exact) mass is 157 g/mol. The van der Waals surface area contributed by atoms with Crippen LogP contribution in [-0.4, -0.2) is 0 Å². The molecule has 1 rings (SSSR count). The second kappa shape index (κ2) is 5.43. The van der Waals surface area contributed by atoms with E-state index in [-0.39, 0.29) is 0 Å². The van der Waals surface area contributed by atoms with Crippen LogP contribution in [0.1, 0.15) is 24.8 Å². The molecule has 0 aromatic heterocycles. The van der Waals surface area contributed by atoms with Crippen LogP contribution in [0, 0.1) is 18.8 Å². The minimum atomic E-state index is 0.957. The van der Waals surface area contributed by atoms with Crippen molar-refractivity contribution in [3.05, 3.63) is 42.8 Å². The fraction of sp³-hybridized carbons (Fsp3) is 0.250. The Labute approximate surface area is 74.6 Å². The first-order valence-corrected chi connectivity index (χ1v) is 4.26. The van der Waals surface area contributed by atoms with Gasteiger partial charge in [-0.3, -0.25) is 0 Å². The minimum absolute atomic E-state index is 0.957. The van der Waals surface area contributed by atoms with E-state index in [1.54, 1.807) is 0 Å². The molecule has 0 aliphatic heterocycles. The van der Waals surface area contributed by atoms with Gasteiger partial charge in [-0.15, -0.1) is 0 Å². The van der Waals surface area contributed by atoms with E-state index in [1.807, 2.05) is 30.3 Å². The van der Waals surface area contributed by atoms with Gasteiger partial charge >= 0.3 is 0 Å². The van der Waals surface area contributed by atoms with Gasteiger partial charge < -0.3 is 0 Å². The smallest absolute Gasteiger partial charge is 0.0245 e. The van der Waals surface area contributed by atoms with Gasteiger partial charge in [0.15, 0.2) is 0 Å². The van der Waals surface area contributed by atoms with Crippen molar-refractivity contribution in [2.24, 2.45) is 0 Å². The normalized spacial score (nSPS) is 8.75. The molecule has 0 amide bonds. The topological polar surface area (TPSA) is 0 Å². The summed E-state index contributed by atoms with van der Waals surface area (Å²) >= 11 is 0. The lowest BCUT2D eigenvalue weighted by atomic mass is 10.2. The Kier molecular flexibility index (Phi) is 4.02. The highest BCUT2D eigenvalue weighted by Crippen LogP contribution is 1.96. The summed E-state index contributed by atoms with van der Waals surface area (Å²) in [6.07, 6.45) is 3.03. The second-order valence-corrected chi connectivity index (χ2v) is 2.62. The zero-order valence-electron chi connectivity index (χ0n) is 7.22. The van der Waals surface area contributed by atoms with Crippen LogP contribution >= 0.6 is 0 Å². The molecular formula is C12H13. The highest BCUT2D eigenvalue weighted by molar-refractivity contribution is 5.33. The number of rotatable bonds is 2. The molecular weight excluding hydrogens is 144 g/mol. The van der Waals surface area contributed by atoms with Crippen molar-refractivity contribution in [3.63, 3.8) is 0 Å². The molecule has 0 atom stereocenters. The van der Waals surface area contributed by atoms with E-state index in [9.17, 15) is 0 Å². The van der Waals surface area contributed by atoms with Gasteiger partial charge in [-0.25, -0.2) is 0 Å². The van der Waals surface area contributed by atoms with Crippen molar-refractivity contribution in [1.29, 1.82) is 0 Å². The Hall–Kier alpha value is -1.22. The summed E-state index contributed by atoms with van der Waals surface area (Å²) in [5.74, 6) is 6.21. The molecule has 61 valence electrons. The Morgan fingerprint density at radius 1 is 1.17 bits per heavy atom. The van der Waals surface area contributed by atoms with Crippen LogP contribution < -0.4 is 0 Å². The average Bonchev–Trinajstić information content (AvgIpc) is 2.14. The molecule has 0 heterocycles. The van der Waals surface area contributed by atoms with Crippen LogP contribution in [0.3, 0.4) is 0 Å². The van der Waals surface area contributed by atoms with E-state index in [0.29, 0.717) is 0 Å². The van der Waals surface area contributed by atoms with E-state index >= 15 is 0 Å². The maximum Gasteiger partial charge on any atom is 0.0245 e. The molecule has 0 spiro atoms. The lowest BCUT2D eigenvalue weighted by Crippen LogP contribution is -1.71. The van der Waals surface area contributed by atoms with Crippen LogP contribution in [-0.2, 0) is 0 Å². The summed E-state index contributed by atoms with van der Waals surface area (Å²) in [6, 6.07) is 10.1. The highest BCUT2D eigenvalue weighted by Gasteiger charge is 1.80. The minimum Gasteiger partial charge on any atom is -0.0979 e. The number of hydrogen-bond acceptors (Lipinski definition) is 0. The van der Waals surface area contributed by atoms with Gasteiger partial charge in [0, 0.05) is 12.0 Å². The van der Waals surface area contributed by atoms with Crippen molar-refractivity contribution in [2.45, 2.75) is 19.3 Å². The number of unbranched alkanes of at least 4 members (excludes halogenated alkanes) is 2. The zero-order chi connectivity index (χ0) is 8.65. The Balaban J connectivity index is 2.44. The molecule has 1 radical (unpaired) electrons. The van der Waals surface area contributed by atoms with E-state index in [4.69, 9.17) is 0 Å². The summed E-state index contributed by atoms with van der Waals surface area (Å²) < 4.78 is 0. The average molecular weight is 157 g/mol. The Morgan fingerprint density at radius 2 is 1.92 bits per heavy atom. The number of hydrogen-bond donors (Lipinski definition) is 0. The van der Waals surface area contributed by atoms with E-state index in [0.717, 1.165) is 24.8 Å². The van der Waals surface area contributed by atoms with Gasteiger partial charge in [0.05, 0.1) is 0 Å². The largest absolute Gasteiger partial charge is 0.0979 e. The van der Waals surface area contributed by atoms with Gasteiger partial charge in [0.25, 0.3) is 0 Å². The molecule has 0 N–H and O–H groups in total. The Morgan fingerprint density at radius 3 is 2.58 bits per heavy atom. The van der Waals surface area contributed by atoms with Gasteiger partial charge in [-0.2, -0.15) is 0 Å². The summed E-state index contributed by atoms with van der Waals surface area (Å²) in [5.41, 5.74) is 1.10. The molecule has 0 saturated heterocycles. The molecule has 0 heteroatoms. The van der Waals surface area contributed by atoms with E-state index < -0.39 is 0 Å². The van der Waals surface area contributed by atoms with Crippen molar-refractivity contribution < 1.29 is 0 Å². The van der Waals surface area contributed by atoms with Crippen molar-refractivity contribution >= 4 is 0 Å². The van der Waals surface area contributed by atoms with Gasteiger partial charge in [-0.1, -0.05) is 43.4 Å². The molecule has 0 saturated carbocycles. The van der Waals surface area contributed by atoms with E-state index in [1.165, 1.54) is 0 Å². The summed E-state index contributed by atoms with van der Waals surface area (Å²) in [5, 5.41) is 0. The lowest BCUT2D eigenvalue weighted by molar-refractivity contribution is 0.883. The molecule has 0 aliphatic rings. The molecule has 0 unspecified atom stereocenters. The van der Waals surface area contributed by atoms with Crippen LogP contribution in [0.2, 0.25) is 0 Å². The lowest BCUT2D eigenvalue weighted by Gasteiger charge is -1.86. The van der Waals surface area contributed by atoms with Gasteiger partial charge in [0.2, 0.25) is 0 Å².